The third-order valence-corrected chi connectivity index (χ3v) is 3.47. The third-order valence-electron chi connectivity index (χ3n) is 2.78. The number of aliphatic hydroxyl groups is 1. The van der Waals surface area contributed by atoms with Crippen LogP contribution in [0, 0.1) is 0 Å². The van der Waals surface area contributed by atoms with Crippen LogP contribution in [-0.4, -0.2) is 5.11 Å². The molecule has 0 aliphatic rings. The maximum absolute atomic E-state index is 9.90. The molecule has 0 spiro atoms. The van der Waals surface area contributed by atoms with E-state index in [9.17, 15) is 5.11 Å². The highest BCUT2D eigenvalue weighted by molar-refractivity contribution is 9.10. The van der Waals surface area contributed by atoms with Gasteiger partial charge in [-0.25, -0.2) is 0 Å². The average molecular weight is 291 g/mol. The van der Waals surface area contributed by atoms with E-state index in [2.05, 4.69) is 22.0 Å². The molecular weight excluding hydrogens is 276 g/mol. The Morgan fingerprint density at radius 1 is 0.941 bits per heavy atom. The third kappa shape index (κ3) is 2.76. The largest absolute Gasteiger partial charge is 0.386 e. The summed E-state index contributed by atoms with van der Waals surface area (Å²) in [5.74, 6) is 0. The van der Waals surface area contributed by atoms with E-state index in [1.54, 1.807) is 13.8 Å². The van der Waals surface area contributed by atoms with Crippen molar-refractivity contribution in [3.63, 3.8) is 0 Å². The quantitative estimate of drug-likeness (QED) is 0.872. The average Bonchev–Trinajstić information content (AvgIpc) is 2.29. The fraction of sp³-hybridized carbons (Fsp3) is 0.200. The predicted octanol–water partition coefficient (Wildman–Crippen LogP) is 4.34. The SMILES string of the molecule is CC(C)(O)c1ccc(-c2ccccc2Br)cc1. The maximum atomic E-state index is 9.90. The van der Waals surface area contributed by atoms with Crippen LogP contribution in [0.25, 0.3) is 11.1 Å². The molecule has 2 rings (SSSR count). The Labute approximate surface area is 110 Å². The Morgan fingerprint density at radius 3 is 2.06 bits per heavy atom. The Hall–Kier alpha value is -1.12. The minimum atomic E-state index is -0.785. The zero-order chi connectivity index (χ0) is 12.5. The van der Waals surface area contributed by atoms with Gasteiger partial charge in [-0.3, -0.25) is 0 Å². The summed E-state index contributed by atoms with van der Waals surface area (Å²) < 4.78 is 1.08. The second kappa shape index (κ2) is 4.63. The number of hydrogen-bond donors (Lipinski definition) is 1. The van der Waals surface area contributed by atoms with Crippen LogP contribution in [0.15, 0.2) is 53.0 Å². The Balaban J connectivity index is 2.40. The summed E-state index contributed by atoms with van der Waals surface area (Å²) in [7, 11) is 0. The molecule has 0 unspecified atom stereocenters. The smallest absolute Gasteiger partial charge is 0.0840 e. The summed E-state index contributed by atoms with van der Waals surface area (Å²) in [5.41, 5.74) is 2.44. The zero-order valence-electron chi connectivity index (χ0n) is 9.94. The second-order valence-electron chi connectivity index (χ2n) is 4.62. The molecular formula is C15H15BrO. The van der Waals surface area contributed by atoms with E-state index in [0.29, 0.717) is 0 Å². The molecule has 2 aromatic carbocycles. The van der Waals surface area contributed by atoms with Gasteiger partial charge in [-0.05, 0) is 36.6 Å². The number of rotatable bonds is 2. The first-order chi connectivity index (χ1) is 7.98. The molecule has 0 aliphatic heterocycles. The lowest BCUT2D eigenvalue weighted by atomic mass is 9.95. The molecule has 1 nitrogen and oxygen atoms in total. The lowest BCUT2D eigenvalue weighted by Gasteiger charge is -2.18. The van der Waals surface area contributed by atoms with Crippen LogP contribution in [0.5, 0.6) is 0 Å². The first-order valence-electron chi connectivity index (χ1n) is 5.56. The van der Waals surface area contributed by atoms with E-state index in [0.717, 1.165) is 21.2 Å². The fourth-order valence-electron chi connectivity index (χ4n) is 1.75. The predicted molar refractivity (Wildman–Crippen MR) is 74.8 cm³/mol. The maximum Gasteiger partial charge on any atom is 0.0840 e. The molecule has 88 valence electrons. The number of benzene rings is 2. The number of halogens is 1. The highest BCUT2D eigenvalue weighted by Gasteiger charge is 2.15. The Bertz CT molecular complexity index is 509. The van der Waals surface area contributed by atoms with Gasteiger partial charge in [0.15, 0.2) is 0 Å². The topological polar surface area (TPSA) is 20.2 Å². The van der Waals surface area contributed by atoms with Crippen LogP contribution in [0.1, 0.15) is 19.4 Å². The van der Waals surface area contributed by atoms with E-state index in [-0.39, 0.29) is 0 Å². The highest BCUT2D eigenvalue weighted by atomic mass is 79.9. The van der Waals surface area contributed by atoms with Gasteiger partial charge in [0.25, 0.3) is 0 Å². The van der Waals surface area contributed by atoms with Gasteiger partial charge in [0.05, 0.1) is 5.60 Å². The standard InChI is InChI=1S/C15H15BrO/c1-15(2,17)12-9-7-11(8-10-12)13-5-3-4-6-14(13)16/h3-10,17H,1-2H3. The molecule has 1 N–H and O–H groups in total. The molecule has 0 aliphatic carbocycles. The summed E-state index contributed by atoms with van der Waals surface area (Å²) >= 11 is 3.54. The molecule has 0 amide bonds. The molecule has 0 fully saturated rings. The molecule has 0 aromatic heterocycles. The van der Waals surface area contributed by atoms with E-state index < -0.39 is 5.60 Å². The van der Waals surface area contributed by atoms with E-state index in [1.807, 2.05) is 42.5 Å². The summed E-state index contributed by atoms with van der Waals surface area (Å²) in [6.07, 6.45) is 0. The molecule has 0 saturated heterocycles. The van der Waals surface area contributed by atoms with Crippen LogP contribution >= 0.6 is 15.9 Å². The van der Waals surface area contributed by atoms with Crippen molar-refractivity contribution in [3.05, 3.63) is 58.6 Å². The van der Waals surface area contributed by atoms with E-state index in [4.69, 9.17) is 0 Å². The van der Waals surface area contributed by atoms with Gasteiger partial charge >= 0.3 is 0 Å². The molecule has 0 atom stereocenters. The summed E-state index contributed by atoms with van der Waals surface area (Å²) in [5, 5.41) is 9.90. The van der Waals surface area contributed by atoms with Crippen LogP contribution in [0.3, 0.4) is 0 Å². The van der Waals surface area contributed by atoms with Crippen molar-refractivity contribution in [1.82, 2.24) is 0 Å². The Morgan fingerprint density at radius 2 is 1.53 bits per heavy atom. The first kappa shape index (κ1) is 12.3. The molecule has 2 aromatic rings. The van der Waals surface area contributed by atoms with Crippen LogP contribution in [-0.2, 0) is 5.60 Å². The molecule has 0 radical (unpaired) electrons. The molecule has 0 heterocycles. The molecule has 0 saturated carbocycles. The first-order valence-corrected chi connectivity index (χ1v) is 6.35. The fourth-order valence-corrected chi connectivity index (χ4v) is 2.27. The van der Waals surface area contributed by atoms with Crippen LogP contribution < -0.4 is 0 Å². The lowest BCUT2D eigenvalue weighted by Crippen LogP contribution is -2.14. The molecule has 0 bridgehead atoms. The van der Waals surface area contributed by atoms with Gasteiger partial charge in [-0.15, -0.1) is 0 Å². The summed E-state index contributed by atoms with van der Waals surface area (Å²) in [6.45, 7) is 3.58. The van der Waals surface area contributed by atoms with Gasteiger partial charge in [0.1, 0.15) is 0 Å². The van der Waals surface area contributed by atoms with Crippen LogP contribution in [0.2, 0.25) is 0 Å². The van der Waals surface area contributed by atoms with Gasteiger partial charge in [-0.1, -0.05) is 58.4 Å². The van der Waals surface area contributed by atoms with Crippen molar-refractivity contribution in [2.24, 2.45) is 0 Å². The van der Waals surface area contributed by atoms with Crippen molar-refractivity contribution in [3.8, 4) is 11.1 Å². The zero-order valence-corrected chi connectivity index (χ0v) is 11.5. The molecule has 2 heteroatoms. The lowest BCUT2D eigenvalue weighted by molar-refractivity contribution is 0.0786. The summed E-state index contributed by atoms with van der Waals surface area (Å²) in [4.78, 5) is 0. The van der Waals surface area contributed by atoms with Crippen molar-refractivity contribution < 1.29 is 5.11 Å². The normalized spacial score (nSPS) is 11.5. The van der Waals surface area contributed by atoms with E-state index >= 15 is 0 Å². The van der Waals surface area contributed by atoms with Gasteiger partial charge in [-0.2, -0.15) is 0 Å². The van der Waals surface area contributed by atoms with Crippen molar-refractivity contribution in [2.75, 3.05) is 0 Å². The van der Waals surface area contributed by atoms with Gasteiger partial charge in [0.2, 0.25) is 0 Å². The second-order valence-corrected chi connectivity index (χ2v) is 5.47. The Kier molecular flexibility index (Phi) is 3.36. The van der Waals surface area contributed by atoms with Gasteiger partial charge in [0, 0.05) is 4.47 Å². The van der Waals surface area contributed by atoms with Crippen LogP contribution in [0.4, 0.5) is 0 Å². The summed E-state index contributed by atoms with van der Waals surface area (Å²) in [6, 6.07) is 16.1. The monoisotopic (exact) mass is 290 g/mol. The van der Waals surface area contributed by atoms with Crippen molar-refractivity contribution in [1.29, 1.82) is 0 Å². The minimum absolute atomic E-state index is 0.785. The van der Waals surface area contributed by atoms with Crippen molar-refractivity contribution in [2.45, 2.75) is 19.4 Å². The highest BCUT2D eigenvalue weighted by Crippen LogP contribution is 2.29. The van der Waals surface area contributed by atoms with Gasteiger partial charge < -0.3 is 5.11 Å². The molecule has 17 heavy (non-hydrogen) atoms. The van der Waals surface area contributed by atoms with E-state index in [1.165, 1.54) is 0 Å². The minimum Gasteiger partial charge on any atom is -0.386 e. The van der Waals surface area contributed by atoms with Crippen molar-refractivity contribution >= 4 is 15.9 Å². The number of hydrogen-bond acceptors (Lipinski definition) is 1.